The van der Waals surface area contributed by atoms with Gasteiger partial charge in [-0.25, -0.2) is 13.1 Å². The zero-order valence-corrected chi connectivity index (χ0v) is 13.7. The Morgan fingerprint density at radius 3 is 2.05 bits per heavy atom. The van der Waals surface area contributed by atoms with Crippen LogP contribution in [-0.2, 0) is 10.0 Å². The number of nitrogens with one attached hydrogen (secondary N) is 1. The molecule has 2 unspecified atom stereocenters. The molecule has 0 aliphatic heterocycles. The number of nitrogens with two attached hydrogens (primary N) is 1. The Bertz CT molecular complexity index is 529. The molecule has 0 bridgehead atoms. The van der Waals surface area contributed by atoms with Crippen LogP contribution in [0.1, 0.15) is 46.1 Å². The third-order valence-electron chi connectivity index (χ3n) is 3.24. The van der Waals surface area contributed by atoms with Crippen LogP contribution < -0.4 is 10.5 Å². The molecule has 0 radical (unpaired) electrons. The summed E-state index contributed by atoms with van der Waals surface area (Å²) in [6, 6.07) is 6.88. The molecule has 0 fully saturated rings. The van der Waals surface area contributed by atoms with Gasteiger partial charge in [-0.15, -0.1) is 0 Å². The van der Waals surface area contributed by atoms with Crippen LogP contribution in [0.25, 0.3) is 0 Å². The van der Waals surface area contributed by atoms with E-state index < -0.39 is 10.0 Å². The minimum absolute atomic E-state index is 0.00920. The second-order valence-electron chi connectivity index (χ2n) is 5.94. The van der Waals surface area contributed by atoms with Crippen LogP contribution in [0.3, 0.4) is 0 Å². The summed E-state index contributed by atoms with van der Waals surface area (Å²) in [4.78, 5) is 0.338. The minimum Gasteiger partial charge on any atom is -0.327 e. The molecule has 0 saturated carbocycles. The van der Waals surface area contributed by atoms with Gasteiger partial charge in [0.25, 0.3) is 0 Å². The highest BCUT2D eigenvalue weighted by molar-refractivity contribution is 7.89. The molecule has 5 heteroatoms. The number of rotatable bonds is 6. The molecule has 114 valence electrons. The molecule has 1 aromatic rings. The van der Waals surface area contributed by atoms with E-state index >= 15 is 0 Å². The van der Waals surface area contributed by atoms with E-state index in [-0.39, 0.29) is 23.9 Å². The van der Waals surface area contributed by atoms with Gasteiger partial charge in [-0.1, -0.05) is 32.0 Å². The lowest BCUT2D eigenvalue weighted by molar-refractivity contribution is 0.429. The van der Waals surface area contributed by atoms with E-state index in [0.717, 1.165) is 5.56 Å². The lowest BCUT2D eigenvalue weighted by Crippen LogP contribution is -2.34. The van der Waals surface area contributed by atoms with Crippen molar-refractivity contribution in [2.75, 3.05) is 0 Å². The van der Waals surface area contributed by atoms with Crippen LogP contribution in [0.4, 0.5) is 0 Å². The van der Waals surface area contributed by atoms with Crippen molar-refractivity contribution in [2.24, 2.45) is 11.7 Å². The van der Waals surface area contributed by atoms with Gasteiger partial charge in [0, 0.05) is 18.0 Å². The van der Waals surface area contributed by atoms with E-state index in [0.29, 0.717) is 4.90 Å². The summed E-state index contributed by atoms with van der Waals surface area (Å²) >= 11 is 0. The van der Waals surface area contributed by atoms with E-state index in [1.165, 1.54) is 0 Å². The fourth-order valence-corrected chi connectivity index (χ4v) is 4.14. The van der Waals surface area contributed by atoms with Crippen molar-refractivity contribution in [2.45, 2.75) is 57.5 Å². The van der Waals surface area contributed by atoms with Gasteiger partial charge < -0.3 is 5.73 Å². The standard InChI is InChI=1S/C15H26N2O2S/c1-10(2)15(12(5)16)13-8-6-7-9-14(13)20(18,19)17-11(3)4/h6-12,15,17H,16H2,1-5H3. The number of hydrogen-bond donors (Lipinski definition) is 2. The van der Waals surface area contributed by atoms with E-state index in [2.05, 4.69) is 18.6 Å². The maximum Gasteiger partial charge on any atom is 0.241 e. The fraction of sp³-hybridized carbons (Fsp3) is 0.600. The Labute approximate surface area is 122 Å². The predicted octanol–water partition coefficient (Wildman–Crippen LogP) is 2.46. The normalized spacial score (nSPS) is 15.6. The van der Waals surface area contributed by atoms with Gasteiger partial charge in [0.05, 0.1) is 4.90 Å². The van der Waals surface area contributed by atoms with Gasteiger partial charge in [-0.3, -0.25) is 0 Å². The van der Waals surface area contributed by atoms with Crippen LogP contribution in [0.15, 0.2) is 29.2 Å². The second kappa shape index (κ2) is 6.70. The van der Waals surface area contributed by atoms with Gasteiger partial charge in [-0.05, 0) is 38.3 Å². The largest absolute Gasteiger partial charge is 0.327 e. The highest BCUT2D eigenvalue weighted by atomic mass is 32.2. The van der Waals surface area contributed by atoms with Crippen molar-refractivity contribution in [1.29, 1.82) is 0 Å². The van der Waals surface area contributed by atoms with Crippen LogP contribution in [0.5, 0.6) is 0 Å². The first-order chi connectivity index (χ1) is 9.16. The number of benzene rings is 1. The Morgan fingerprint density at radius 2 is 1.60 bits per heavy atom. The molecule has 0 aromatic heterocycles. The average Bonchev–Trinajstić information content (AvgIpc) is 2.26. The van der Waals surface area contributed by atoms with Gasteiger partial charge in [-0.2, -0.15) is 0 Å². The van der Waals surface area contributed by atoms with Crippen molar-refractivity contribution < 1.29 is 8.42 Å². The molecule has 1 aromatic carbocycles. The third kappa shape index (κ3) is 4.04. The summed E-state index contributed by atoms with van der Waals surface area (Å²) in [7, 11) is -3.51. The SMILES string of the molecule is CC(C)NS(=O)(=O)c1ccccc1C(C(C)C)C(C)N. The highest BCUT2D eigenvalue weighted by Crippen LogP contribution is 2.31. The Hall–Kier alpha value is -0.910. The Balaban J connectivity index is 3.37. The lowest BCUT2D eigenvalue weighted by atomic mass is 9.83. The maximum absolute atomic E-state index is 12.5. The maximum atomic E-state index is 12.5. The van der Waals surface area contributed by atoms with E-state index in [1.807, 2.05) is 32.9 Å². The first-order valence-electron chi connectivity index (χ1n) is 7.03. The van der Waals surface area contributed by atoms with Crippen LogP contribution in [0.2, 0.25) is 0 Å². The zero-order chi connectivity index (χ0) is 15.5. The molecule has 0 heterocycles. The topological polar surface area (TPSA) is 72.2 Å². The quantitative estimate of drug-likeness (QED) is 0.847. The monoisotopic (exact) mass is 298 g/mol. The van der Waals surface area contributed by atoms with Gasteiger partial charge in [0.1, 0.15) is 0 Å². The summed E-state index contributed by atoms with van der Waals surface area (Å²) in [5.41, 5.74) is 6.86. The number of sulfonamides is 1. The van der Waals surface area contributed by atoms with Gasteiger partial charge in [0.2, 0.25) is 10.0 Å². The van der Waals surface area contributed by atoms with Crippen LogP contribution >= 0.6 is 0 Å². The average molecular weight is 298 g/mol. The molecule has 0 spiro atoms. The lowest BCUT2D eigenvalue weighted by Gasteiger charge is -2.27. The molecule has 2 atom stereocenters. The number of hydrogen-bond acceptors (Lipinski definition) is 3. The van der Waals surface area contributed by atoms with Crippen LogP contribution in [-0.4, -0.2) is 20.5 Å². The van der Waals surface area contributed by atoms with Crippen molar-refractivity contribution in [1.82, 2.24) is 4.72 Å². The first-order valence-corrected chi connectivity index (χ1v) is 8.52. The minimum atomic E-state index is -3.51. The van der Waals surface area contributed by atoms with E-state index in [9.17, 15) is 8.42 Å². The summed E-state index contributed by atoms with van der Waals surface area (Å²) in [5, 5.41) is 0. The molecular formula is C15H26N2O2S. The van der Waals surface area contributed by atoms with Gasteiger partial charge >= 0.3 is 0 Å². The van der Waals surface area contributed by atoms with Gasteiger partial charge in [0.15, 0.2) is 0 Å². The summed E-state index contributed by atoms with van der Waals surface area (Å²) in [6.45, 7) is 9.67. The molecular weight excluding hydrogens is 272 g/mol. The molecule has 20 heavy (non-hydrogen) atoms. The molecule has 4 nitrogen and oxygen atoms in total. The van der Waals surface area contributed by atoms with Crippen molar-refractivity contribution in [3.63, 3.8) is 0 Å². The van der Waals surface area contributed by atoms with E-state index in [1.54, 1.807) is 12.1 Å². The van der Waals surface area contributed by atoms with Crippen LogP contribution in [0, 0.1) is 5.92 Å². The van der Waals surface area contributed by atoms with Crippen molar-refractivity contribution in [3.8, 4) is 0 Å². The summed E-state index contributed by atoms with van der Waals surface area (Å²) in [5.74, 6) is 0.278. The Kier molecular flexibility index (Phi) is 5.74. The molecule has 0 aliphatic carbocycles. The highest BCUT2D eigenvalue weighted by Gasteiger charge is 2.27. The Morgan fingerprint density at radius 1 is 1.05 bits per heavy atom. The second-order valence-corrected chi connectivity index (χ2v) is 7.63. The molecule has 0 amide bonds. The molecule has 0 aliphatic rings. The van der Waals surface area contributed by atoms with E-state index in [4.69, 9.17) is 5.73 Å². The fourth-order valence-electron chi connectivity index (χ4n) is 2.62. The molecule has 0 saturated heterocycles. The van der Waals surface area contributed by atoms with Crippen molar-refractivity contribution in [3.05, 3.63) is 29.8 Å². The smallest absolute Gasteiger partial charge is 0.241 e. The first kappa shape index (κ1) is 17.1. The molecule has 1 rings (SSSR count). The predicted molar refractivity (Wildman–Crippen MR) is 83.1 cm³/mol. The molecule has 3 N–H and O–H groups in total. The summed E-state index contributed by atoms with van der Waals surface area (Å²) < 4.78 is 27.6. The summed E-state index contributed by atoms with van der Waals surface area (Å²) in [6.07, 6.45) is 0. The third-order valence-corrected chi connectivity index (χ3v) is 4.98. The van der Waals surface area contributed by atoms with Crippen molar-refractivity contribution >= 4 is 10.0 Å². The zero-order valence-electron chi connectivity index (χ0n) is 12.9.